The Morgan fingerprint density at radius 3 is 2.42 bits per heavy atom. The minimum atomic E-state index is 0.423. The van der Waals surface area contributed by atoms with Gasteiger partial charge in [-0.25, -0.2) is 0 Å². The molecule has 1 saturated heterocycles. The van der Waals surface area contributed by atoms with Gasteiger partial charge in [-0.2, -0.15) is 5.10 Å². The SMILES string of the molecule is CC(C)n1nccc1CN1CCC(Cc2cnc(CN(C)C)cn2)CC1. The van der Waals surface area contributed by atoms with Gasteiger partial charge in [0.1, 0.15) is 0 Å². The van der Waals surface area contributed by atoms with E-state index in [1.807, 2.05) is 18.6 Å². The highest BCUT2D eigenvalue weighted by Gasteiger charge is 2.21. The normalized spacial score (nSPS) is 16.7. The zero-order chi connectivity index (χ0) is 18.5. The molecule has 142 valence electrons. The zero-order valence-corrected chi connectivity index (χ0v) is 16.6. The number of likely N-dealkylation sites (tertiary alicyclic amines) is 1. The van der Waals surface area contributed by atoms with E-state index in [9.17, 15) is 0 Å². The van der Waals surface area contributed by atoms with Gasteiger partial charge in [-0.15, -0.1) is 0 Å². The lowest BCUT2D eigenvalue weighted by Gasteiger charge is -2.32. The molecule has 6 heteroatoms. The lowest BCUT2D eigenvalue weighted by Crippen LogP contribution is -2.34. The highest BCUT2D eigenvalue weighted by molar-refractivity contribution is 5.04. The molecule has 1 aliphatic heterocycles. The first-order valence-electron chi connectivity index (χ1n) is 9.70. The van der Waals surface area contributed by atoms with Crippen LogP contribution in [0, 0.1) is 5.92 Å². The number of nitrogens with zero attached hydrogens (tertiary/aromatic N) is 6. The Hall–Kier alpha value is -1.79. The second-order valence-electron chi connectivity index (χ2n) is 8.02. The van der Waals surface area contributed by atoms with Gasteiger partial charge in [0.05, 0.1) is 23.3 Å². The van der Waals surface area contributed by atoms with Gasteiger partial charge >= 0.3 is 0 Å². The molecule has 2 aromatic rings. The van der Waals surface area contributed by atoms with Gasteiger partial charge in [-0.1, -0.05) is 0 Å². The van der Waals surface area contributed by atoms with Crippen LogP contribution in [0.1, 0.15) is 49.8 Å². The van der Waals surface area contributed by atoms with Crippen molar-refractivity contribution in [1.82, 2.24) is 29.5 Å². The third-order valence-electron chi connectivity index (χ3n) is 5.07. The first-order chi connectivity index (χ1) is 12.5. The predicted molar refractivity (Wildman–Crippen MR) is 104 cm³/mol. The van der Waals surface area contributed by atoms with Gasteiger partial charge in [0.2, 0.25) is 0 Å². The summed E-state index contributed by atoms with van der Waals surface area (Å²) in [6.07, 6.45) is 9.32. The summed E-state index contributed by atoms with van der Waals surface area (Å²) < 4.78 is 2.14. The number of hydrogen-bond donors (Lipinski definition) is 0. The largest absolute Gasteiger partial charge is 0.304 e. The maximum absolute atomic E-state index is 4.62. The Labute approximate surface area is 157 Å². The quantitative estimate of drug-likeness (QED) is 0.763. The molecule has 1 fully saturated rings. The molecule has 0 aliphatic carbocycles. The standard InChI is InChI=1S/C20H32N6/c1-16(2)26-20(5-8-23-26)15-25-9-6-17(7-10-25)11-18-12-22-19(13-21-18)14-24(3)4/h5,8,12-13,16-17H,6-7,9-11,14-15H2,1-4H3. The smallest absolute Gasteiger partial charge is 0.0726 e. The highest BCUT2D eigenvalue weighted by Crippen LogP contribution is 2.22. The second kappa shape index (κ2) is 8.73. The molecule has 0 saturated carbocycles. The van der Waals surface area contributed by atoms with E-state index in [-0.39, 0.29) is 0 Å². The van der Waals surface area contributed by atoms with Crippen molar-refractivity contribution < 1.29 is 0 Å². The first-order valence-corrected chi connectivity index (χ1v) is 9.70. The zero-order valence-electron chi connectivity index (χ0n) is 16.6. The van der Waals surface area contributed by atoms with Crippen LogP contribution in [-0.4, -0.2) is 56.7 Å². The van der Waals surface area contributed by atoms with E-state index in [0.717, 1.165) is 49.9 Å². The lowest BCUT2D eigenvalue weighted by atomic mass is 9.92. The Morgan fingerprint density at radius 1 is 1.12 bits per heavy atom. The molecule has 0 bridgehead atoms. The summed E-state index contributed by atoms with van der Waals surface area (Å²) in [4.78, 5) is 13.8. The van der Waals surface area contributed by atoms with Crippen LogP contribution in [0.5, 0.6) is 0 Å². The van der Waals surface area contributed by atoms with E-state index in [1.165, 1.54) is 18.5 Å². The van der Waals surface area contributed by atoms with E-state index in [2.05, 4.69) is 63.6 Å². The van der Waals surface area contributed by atoms with Gasteiger partial charge in [-0.3, -0.25) is 19.5 Å². The fraction of sp³-hybridized carbons (Fsp3) is 0.650. The first kappa shape index (κ1) is 19.0. The Balaban J connectivity index is 1.47. The minimum Gasteiger partial charge on any atom is -0.304 e. The van der Waals surface area contributed by atoms with Crippen molar-refractivity contribution in [3.63, 3.8) is 0 Å². The molecule has 0 unspecified atom stereocenters. The molecule has 26 heavy (non-hydrogen) atoms. The molecule has 0 N–H and O–H groups in total. The predicted octanol–water partition coefficient (Wildman–Crippen LogP) is 2.77. The molecule has 0 atom stereocenters. The highest BCUT2D eigenvalue weighted by atomic mass is 15.3. The third kappa shape index (κ3) is 5.11. The molecule has 0 aromatic carbocycles. The van der Waals surface area contributed by atoms with Crippen LogP contribution in [0.15, 0.2) is 24.7 Å². The molecule has 0 radical (unpaired) electrons. The topological polar surface area (TPSA) is 50.1 Å². The second-order valence-corrected chi connectivity index (χ2v) is 8.02. The minimum absolute atomic E-state index is 0.423. The van der Waals surface area contributed by atoms with Crippen LogP contribution >= 0.6 is 0 Å². The number of piperidine rings is 1. The van der Waals surface area contributed by atoms with Crippen molar-refractivity contribution in [3.05, 3.63) is 41.7 Å². The Kier molecular flexibility index (Phi) is 6.38. The van der Waals surface area contributed by atoms with Crippen molar-refractivity contribution in [3.8, 4) is 0 Å². The fourth-order valence-electron chi connectivity index (χ4n) is 3.70. The van der Waals surface area contributed by atoms with Gasteiger partial charge in [0, 0.05) is 31.5 Å². The monoisotopic (exact) mass is 356 g/mol. The summed E-state index contributed by atoms with van der Waals surface area (Å²) in [6, 6.07) is 2.57. The fourth-order valence-corrected chi connectivity index (χ4v) is 3.70. The van der Waals surface area contributed by atoms with Crippen LogP contribution in [0.4, 0.5) is 0 Å². The molecule has 3 heterocycles. The molecule has 0 amide bonds. The average molecular weight is 357 g/mol. The number of aromatic nitrogens is 4. The molecular formula is C20H32N6. The van der Waals surface area contributed by atoms with Crippen molar-refractivity contribution in [2.24, 2.45) is 5.92 Å². The summed E-state index contributed by atoms with van der Waals surface area (Å²) in [7, 11) is 4.11. The summed E-state index contributed by atoms with van der Waals surface area (Å²) in [6.45, 7) is 8.53. The third-order valence-corrected chi connectivity index (χ3v) is 5.07. The summed E-state index contributed by atoms with van der Waals surface area (Å²) in [5, 5.41) is 4.45. The summed E-state index contributed by atoms with van der Waals surface area (Å²) in [5.41, 5.74) is 3.49. The number of rotatable bonds is 7. The molecule has 1 aliphatic rings. The lowest BCUT2D eigenvalue weighted by molar-refractivity contribution is 0.171. The maximum Gasteiger partial charge on any atom is 0.0726 e. The van der Waals surface area contributed by atoms with Crippen molar-refractivity contribution in [1.29, 1.82) is 0 Å². The molecule has 6 nitrogen and oxygen atoms in total. The molecular weight excluding hydrogens is 324 g/mol. The van der Waals surface area contributed by atoms with Crippen LogP contribution < -0.4 is 0 Å². The summed E-state index contributed by atoms with van der Waals surface area (Å²) in [5.74, 6) is 0.718. The van der Waals surface area contributed by atoms with E-state index >= 15 is 0 Å². The van der Waals surface area contributed by atoms with Crippen LogP contribution in [0.2, 0.25) is 0 Å². The summed E-state index contributed by atoms with van der Waals surface area (Å²) >= 11 is 0. The van der Waals surface area contributed by atoms with Crippen molar-refractivity contribution >= 4 is 0 Å². The molecule has 0 spiro atoms. The average Bonchev–Trinajstić information content (AvgIpc) is 3.06. The van der Waals surface area contributed by atoms with Gasteiger partial charge in [0.15, 0.2) is 0 Å². The van der Waals surface area contributed by atoms with Crippen molar-refractivity contribution in [2.45, 2.75) is 52.2 Å². The van der Waals surface area contributed by atoms with Crippen molar-refractivity contribution in [2.75, 3.05) is 27.2 Å². The van der Waals surface area contributed by atoms with Gasteiger partial charge in [-0.05, 0) is 72.3 Å². The maximum atomic E-state index is 4.62. The molecule has 2 aromatic heterocycles. The van der Waals surface area contributed by atoms with Crippen LogP contribution in [0.3, 0.4) is 0 Å². The van der Waals surface area contributed by atoms with E-state index in [0.29, 0.717) is 6.04 Å². The number of hydrogen-bond acceptors (Lipinski definition) is 5. The Morgan fingerprint density at radius 2 is 1.81 bits per heavy atom. The van der Waals surface area contributed by atoms with E-state index in [1.54, 1.807) is 0 Å². The van der Waals surface area contributed by atoms with Gasteiger partial charge < -0.3 is 4.90 Å². The van der Waals surface area contributed by atoms with Crippen LogP contribution in [0.25, 0.3) is 0 Å². The Bertz CT molecular complexity index is 668. The van der Waals surface area contributed by atoms with E-state index in [4.69, 9.17) is 0 Å². The van der Waals surface area contributed by atoms with Crippen LogP contribution in [-0.2, 0) is 19.5 Å². The van der Waals surface area contributed by atoms with E-state index < -0.39 is 0 Å². The molecule has 3 rings (SSSR count). The van der Waals surface area contributed by atoms with Gasteiger partial charge in [0.25, 0.3) is 0 Å².